The SMILES string of the molecule is CCN1CCN(Cc2ccc(NC(=O)C3CCCO3)cc2)CC1. The van der Waals surface area contributed by atoms with Crippen molar-refractivity contribution in [2.45, 2.75) is 32.4 Å². The van der Waals surface area contributed by atoms with E-state index in [2.05, 4.69) is 34.2 Å². The number of carbonyl (C=O) groups excluding carboxylic acids is 1. The van der Waals surface area contributed by atoms with Crippen LogP contribution in [0.1, 0.15) is 25.3 Å². The van der Waals surface area contributed by atoms with Gasteiger partial charge >= 0.3 is 0 Å². The number of rotatable bonds is 5. The van der Waals surface area contributed by atoms with Gasteiger partial charge in [0.05, 0.1) is 0 Å². The second-order valence-corrected chi connectivity index (χ2v) is 6.40. The third-order valence-electron chi connectivity index (χ3n) is 4.76. The molecule has 0 bridgehead atoms. The van der Waals surface area contributed by atoms with Crippen LogP contribution < -0.4 is 5.32 Å². The lowest BCUT2D eigenvalue weighted by Crippen LogP contribution is -2.45. The van der Waals surface area contributed by atoms with Crippen LogP contribution in [0.2, 0.25) is 0 Å². The molecule has 3 rings (SSSR count). The van der Waals surface area contributed by atoms with E-state index in [4.69, 9.17) is 4.74 Å². The highest BCUT2D eigenvalue weighted by molar-refractivity contribution is 5.94. The molecule has 2 aliphatic heterocycles. The van der Waals surface area contributed by atoms with Gasteiger partial charge in [-0.05, 0) is 37.1 Å². The van der Waals surface area contributed by atoms with Crippen LogP contribution in [0.25, 0.3) is 0 Å². The van der Waals surface area contributed by atoms with Gasteiger partial charge in [0.2, 0.25) is 0 Å². The molecule has 1 N–H and O–H groups in total. The molecule has 5 heteroatoms. The highest BCUT2D eigenvalue weighted by atomic mass is 16.5. The van der Waals surface area contributed by atoms with E-state index in [1.807, 2.05) is 12.1 Å². The first-order chi connectivity index (χ1) is 11.2. The summed E-state index contributed by atoms with van der Waals surface area (Å²) in [7, 11) is 0. The Morgan fingerprint density at radius 2 is 1.87 bits per heavy atom. The van der Waals surface area contributed by atoms with Gasteiger partial charge in [0.1, 0.15) is 6.10 Å². The van der Waals surface area contributed by atoms with Crippen LogP contribution in [0.3, 0.4) is 0 Å². The maximum Gasteiger partial charge on any atom is 0.253 e. The molecule has 1 amide bonds. The second-order valence-electron chi connectivity index (χ2n) is 6.40. The molecule has 2 saturated heterocycles. The van der Waals surface area contributed by atoms with E-state index in [0.29, 0.717) is 6.61 Å². The fourth-order valence-corrected chi connectivity index (χ4v) is 3.22. The average Bonchev–Trinajstić information content (AvgIpc) is 3.12. The number of nitrogens with zero attached hydrogens (tertiary/aromatic N) is 2. The number of hydrogen-bond donors (Lipinski definition) is 1. The van der Waals surface area contributed by atoms with Crippen molar-refractivity contribution < 1.29 is 9.53 Å². The van der Waals surface area contributed by atoms with E-state index < -0.39 is 0 Å². The summed E-state index contributed by atoms with van der Waals surface area (Å²) in [6.45, 7) is 9.63. The summed E-state index contributed by atoms with van der Waals surface area (Å²) in [6.07, 6.45) is 1.53. The third kappa shape index (κ3) is 4.53. The summed E-state index contributed by atoms with van der Waals surface area (Å²) in [6, 6.07) is 8.20. The molecular weight excluding hydrogens is 290 g/mol. The number of anilines is 1. The zero-order valence-corrected chi connectivity index (χ0v) is 14.0. The van der Waals surface area contributed by atoms with E-state index in [1.54, 1.807) is 0 Å². The lowest BCUT2D eigenvalue weighted by molar-refractivity contribution is -0.124. The van der Waals surface area contributed by atoms with Crippen molar-refractivity contribution in [3.05, 3.63) is 29.8 Å². The predicted molar refractivity (Wildman–Crippen MR) is 91.4 cm³/mol. The number of hydrogen-bond acceptors (Lipinski definition) is 4. The molecule has 2 fully saturated rings. The molecule has 0 saturated carbocycles. The second kappa shape index (κ2) is 7.90. The summed E-state index contributed by atoms with van der Waals surface area (Å²) in [5.41, 5.74) is 2.15. The predicted octanol–water partition coefficient (Wildman–Crippen LogP) is 1.94. The number of nitrogens with one attached hydrogen (secondary N) is 1. The van der Waals surface area contributed by atoms with Crippen LogP contribution in [0.4, 0.5) is 5.69 Å². The molecule has 1 aromatic carbocycles. The summed E-state index contributed by atoms with van der Waals surface area (Å²) >= 11 is 0. The number of carbonyl (C=O) groups is 1. The largest absolute Gasteiger partial charge is 0.368 e. The van der Waals surface area contributed by atoms with Crippen molar-refractivity contribution in [1.29, 1.82) is 0 Å². The monoisotopic (exact) mass is 317 g/mol. The van der Waals surface area contributed by atoms with Crippen molar-refractivity contribution in [3.8, 4) is 0 Å². The van der Waals surface area contributed by atoms with Gasteiger partial charge in [0, 0.05) is 45.0 Å². The summed E-state index contributed by atoms with van der Waals surface area (Å²) in [5, 5.41) is 2.94. The molecule has 23 heavy (non-hydrogen) atoms. The number of piperazine rings is 1. The number of ether oxygens (including phenoxy) is 1. The molecule has 0 radical (unpaired) electrons. The maximum atomic E-state index is 12.0. The molecule has 2 heterocycles. The molecule has 126 valence electrons. The Labute approximate surface area is 138 Å². The molecular formula is C18H27N3O2. The molecule has 5 nitrogen and oxygen atoms in total. The van der Waals surface area contributed by atoms with E-state index in [1.165, 1.54) is 5.56 Å². The Kier molecular flexibility index (Phi) is 5.65. The molecule has 1 unspecified atom stereocenters. The van der Waals surface area contributed by atoms with Crippen molar-refractivity contribution in [2.75, 3.05) is 44.6 Å². The van der Waals surface area contributed by atoms with Gasteiger partial charge in [-0.2, -0.15) is 0 Å². The van der Waals surface area contributed by atoms with Gasteiger partial charge in [-0.1, -0.05) is 19.1 Å². The third-order valence-corrected chi connectivity index (χ3v) is 4.76. The lowest BCUT2D eigenvalue weighted by atomic mass is 10.1. The molecule has 0 aromatic heterocycles. The summed E-state index contributed by atoms with van der Waals surface area (Å²) < 4.78 is 5.41. The van der Waals surface area contributed by atoms with Gasteiger partial charge in [0.15, 0.2) is 0 Å². The van der Waals surface area contributed by atoms with Crippen LogP contribution in [0.15, 0.2) is 24.3 Å². The average molecular weight is 317 g/mol. The first-order valence-corrected chi connectivity index (χ1v) is 8.70. The molecule has 1 aromatic rings. The number of likely N-dealkylation sites (N-methyl/N-ethyl adjacent to an activating group) is 1. The zero-order chi connectivity index (χ0) is 16.1. The Hall–Kier alpha value is -1.43. The minimum absolute atomic E-state index is 0.0223. The van der Waals surface area contributed by atoms with Crippen LogP contribution in [0.5, 0.6) is 0 Å². The van der Waals surface area contributed by atoms with Gasteiger partial charge in [-0.3, -0.25) is 9.69 Å². The molecule has 0 aliphatic carbocycles. The van der Waals surface area contributed by atoms with Crippen LogP contribution >= 0.6 is 0 Å². The lowest BCUT2D eigenvalue weighted by Gasteiger charge is -2.34. The van der Waals surface area contributed by atoms with Gasteiger partial charge in [-0.15, -0.1) is 0 Å². The molecule has 0 spiro atoms. The highest BCUT2D eigenvalue weighted by Gasteiger charge is 2.23. The Morgan fingerprint density at radius 3 is 2.48 bits per heavy atom. The standard InChI is InChI=1S/C18H27N3O2/c1-2-20-9-11-21(12-10-20)14-15-5-7-16(8-6-15)19-18(22)17-4-3-13-23-17/h5-8,17H,2-4,9-14H2,1H3,(H,19,22). The quantitative estimate of drug-likeness (QED) is 0.901. The van der Waals surface area contributed by atoms with E-state index >= 15 is 0 Å². The van der Waals surface area contributed by atoms with Crippen LogP contribution in [-0.2, 0) is 16.1 Å². The van der Waals surface area contributed by atoms with E-state index in [0.717, 1.165) is 57.8 Å². The van der Waals surface area contributed by atoms with Crippen molar-refractivity contribution in [1.82, 2.24) is 9.80 Å². The first-order valence-electron chi connectivity index (χ1n) is 8.70. The van der Waals surface area contributed by atoms with Gasteiger partial charge in [0.25, 0.3) is 5.91 Å². The number of amides is 1. The Balaban J connectivity index is 1.48. The molecule has 1 atom stereocenters. The van der Waals surface area contributed by atoms with Crippen molar-refractivity contribution in [2.24, 2.45) is 0 Å². The van der Waals surface area contributed by atoms with Crippen molar-refractivity contribution >= 4 is 11.6 Å². The highest BCUT2D eigenvalue weighted by Crippen LogP contribution is 2.16. The summed E-state index contributed by atoms with van der Waals surface area (Å²) in [5.74, 6) is -0.0223. The fourth-order valence-electron chi connectivity index (χ4n) is 3.22. The minimum atomic E-state index is -0.274. The first kappa shape index (κ1) is 16.4. The Morgan fingerprint density at radius 1 is 1.17 bits per heavy atom. The fraction of sp³-hybridized carbons (Fsp3) is 0.611. The zero-order valence-electron chi connectivity index (χ0n) is 14.0. The topological polar surface area (TPSA) is 44.8 Å². The van der Waals surface area contributed by atoms with Crippen LogP contribution in [0, 0.1) is 0 Å². The van der Waals surface area contributed by atoms with Gasteiger partial charge < -0.3 is 15.0 Å². The Bertz CT molecular complexity index is 504. The van der Waals surface area contributed by atoms with E-state index in [-0.39, 0.29) is 12.0 Å². The normalized spacial score (nSPS) is 23.1. The maximum absolute atomic E-state index is 12.0. The number of benzene rings is 1. The molecule has 2 aliphatic rings. The minimum Gasteiger partial charge on any atom is -0.368 e. The summed E-state index contributed by atoms with van der Waals surface area (Å²) in [4.78, 5) is 17.0. The van der Waals surface area contributed by atoms with Gasteiger partial charge in [-0.25, -0.2) is 0 Å². The van der Waals surface area contributed by atoms with E-state index in [9.17, 15) is 4.79 Å². The van der Waals surface area contributed by atoms with Crippen molar-refractivity contribution in [3.63, 3.8) is 0 Å². The van der Waals surface area contributed by atoms with Crippen LogP contribution in [-0.4, -0.2) is 61.1 Å². The smallest absolute Gasteiger partial charge is 0.253 e.